The number of aryl methyl sites for hydroxylation is 2. The topological polar surface area (TPSA) is 71.3 Å². The molecule has 2 rings (SSSR count). The maximum Gasteiger partial charge on any atom is 0.266 e. The van der Waals surface area contributed by atoms with E-state index in [9.17, 15) is 10.1 Å². The van der Waals surface area contributed by atoms with Gasteiger partial charge in [0.15, 0.2) is 11.5 Å². The number of unbranched alkanes of at least 4 members (excludes halogenated alkanes) is 5. The highest BCUT2D eigenvalue weighted by Crippen LogP contribution is 2.37. The van der Waals surface area contributed by atoms with Crippen LogP contribution in [0.4, 0.5) is 5.69 Å². The Morgan fingerprint density at radius 1 is 1.12 bits per heavy atom. The quantitative estimate of drug-likeness (QED) is 0.202. The summed E-state index contributed by atoms with van der Waals surface area (Å²) in [6.45, 7) is 6.65. The van der Waals surface area contributed by atoms with Gasteiger partial charge in [0.25, 0.3) is 5.91 Å². The third-order valence-corrected chi connectivity index (χ3v) is 5.58. The van der Waals surface area contributed by atoms with Gasteiger partial charge in [-0.1, -0.05) is 68.3 Å². The lowest BCUT2D eigenvalue weighted by molar-refractivity contribution is -0.112. The molecule has 0 unspecified atom stereocenters. The van der Waals surface area contributed by atoms with Gasteiger partial charge in [-0.15, -0.1) is 0 Å². The molecule has 0 aliphatic heterocycles. The number of rotatable bonds is 12. The molecule has 176 valence electrons. The van der Waals surface area contributed by atoms with Crippen LogP contribution in [0.5, 0.6) is 11.5 Å². The lowest BCUT2D eigenvalue weighted by Gasteiger charge is -2.13. The Bertz CT molecular complexity index is 1020. The molecule has 5 nitrogen and oxygen atoms in total. The molecule has 0 radical (unpaired) electrons. The number of nitriles is 1. The van der Waals surface area contributed by atoms with Crippen LogP contribution in [-0.4, -0.2) is 19.6 Å². The SMILES string of the molecule is CCCCCCCCOc1c(Cl)cc(/C=C(\C#N)C(=O)Nc2ccc(C)cc2C)cc1OC. The fraction of sp³-hybridized carbons (Fsp3) is 0.407. The van der Waals surface area contributed by atoms with Crippen molar-refractivity contribution < 1.29 is 14.3 Å². The van der Waals surface area contributed by atoms with Crippen molar-refractivity contribution in [2.45, 2.75) is 59.3 Å². The van der Waals surface area contributed by atoms with Gasteiger partial charge in [-0.3, -0.25) is 4.79 Å². The zero-order valence-corrected chi connectivity index (χ0v) is 20.7. The van der Waals surface area contributed by atoms with Crippen molar-refractivity contribution in [1.82, 2.24) is 0 Å². The highest BCUT2D eigenvalue weighted by molar-refractivity contribution is 6.32. The molecule has 0 heterocycles. The molecule has 1 N–H and O–H groups in total. The monoisotopic (exact) mass is 468 g/mol. The maximum atomic E-state index is 12.7. The number of carbonyl (C=O) groups excluding carboxylic acids is 1. The second kappa shape index (κ2) is 13.5. The number of benzene rings is 2. The summed E-state index contributed by atoms with van der Waals surface area (Å²) in [7, 11) is 1.54. The molecule has 0 aliphatic rings. The third-order valence-electron chi connectivity index (χ3n) is 5.30. The molecule has 1 amide bonds. The van der Waals surface area contributed by atoms with E-state index in [1.807, 2.05) is 38.1 Å². The smallest absolute Gasteiger partial charge is 0.266 e. The number of amides is 1. The Morgan fingerprint density at radius 3 is 2.52 bits per heavy atom. The summed E-state index contributed by atoms with van der Waals surface area (Å²) in [5.74, 6) is 0.456. The molecule has 0 bridgehead atoms. The third kappa shape index (κ3) is 8.14. The van der Waals surface area contributed by atoms with Crippen molar-refractivity contribution in [2.75, 3.05) is 19.0 Å². The molecule has 0 saturated heterocycles. The van der Waals surface area contributed by atoms with E-state index >= 15 is 0 Å². The van der Waals surface area contributed by atoms with Crippen molar-refractivity contribution in [3.63, 3.8) is 0 Å². The van der Waals surface area contributed by atoms with Crippen LogP contribution in [-0.2, 0) is 4.79 Å². The normalized spacial score (nSPS) is 11.1. The van der Waals surface area contributed by atoms with Crippen LogP contribution < -0.4 is 14.8 Å². The van der Waals surface area contributed by atoms with E-state index in [-0.39, 0.29) is 5.57 Å². The zero-order chi connectivity index (χ0) is 24.2. The lowest BCUT2D eigenvalue weighted by Crippen LogP contribution is -2.14. The van der Waals surface area contributed by atoms with Crippen molar-refractivity contribution in [3.05, 3.63) is 57.6 Å². The van der Waals surface area contributed by atoms with Crippen molar-refractivity contribution >= 4 is 29.3 Å². The van der Waals surface area contributed by atoms with Gasteiger partial charge in [-0.25, -0.2) is 0 Å². The average molecular weight is 469 g/mol. The van der Waals surface area contributed by atoms with Crippen molar-refractivity contribution in [1.29, 1.82) is 5.26 Å². The molecular weight excluding hydrogens is 436 g/mol. The molecule has 6 heteroatoms. The summed E-state index contributed by atoms with van der Waals surface area (Å²) < 4.78 is 11.3. The van der Waals surface area contributed by atoms with Gasteiger partial charge < -0.3 is 14.8 Å². The Hall–Kier alpha value is -2.97. The first-order valence-electron chi connectivity index (χ1n) is 11.4. The van der Waals surface area contributed by atoms with Crippen LogP contribution >= 0.6 is 11.6 Å². The van der Waals surface area contributed by atoms with E-state index < -0.39 is 5.91 Å². The number of nitrogens with one attached hydrogen (secondary N) is 1. The second-order valence-electron chi connectivity index (χ2n) is 8.09. The van der Waals surface area contributed by atoms with Gasteiger partial charge in [0.05, 0.1) is 18.7 Å². The van der Waals surface area contributed by atoms with Crippen LogP contribution in [0.15, 0.2) is 35.9 Å². The molecule has 0 aliphatic carbocycles. The lowest BCUT2D eigenvalue weighted by atomic mass is 10.1. The van der Waals surface area contributed by atoms with Gasteiger partial charge in [0, 0.05) is 5.69 Å². The second-order valence-corrected chi connectivity index (χ2v) is 8.50. The molecule has 33 heavy (non-hydrogen) atoms. The molecule has 0 fully saturated rings. The van der Waals surface area contributed by atoms with Crippen molar-refractivity contribution in [2.24, 2.45) is 0 Å². The summed E-state index contributed by atoms with van der Waals surface area (Å²) in [6.07, 6.45) is 8.50. The minimum absolute atomic E-state index is 0.0335. The predicted octanol–water partition coefficient (Wildman–Crippen LogP) is 7.25. The van der Waals surface area contributed by atoms with E-state index in [1.165, 1.54) is 38.9 Å². The van der Waals surface area contributed by atoms with Gasteiger partial charge in [0.1, 0.15) is 11.6 Å². The molecule has 0 spiro atoms. The summed E-state index contributed by atoms with van der Waals surface area (Å²) >= 11 is 6.45. The number of hydrogen-bond donors (Lipinski definition) is 1. The first-order valence-corrected chi connectivity index (χ1v) is 11.8. The minimum atomic E-state index is -0.483. The van der Waals surface area contributed by atoms with Crippen LogP contribution in [0.25, 0.3) is 6.08 Å². The fourth-order valence-electron chi connectivity index (χ4n) is 3.48. The van der Waals surface area contributed by atoms with Gasteiger partial charge >= 0.3 is 0 Å². The Kier molecular flexibility index (Phi) is 10.8. The predicted molar refractivity (Wildman–Crippen MR) is 135 cm³/mol. The van der Waals surface area contributed by atoms with Gasteiger partial charge in [-0.2, -0.15) is 5.26 Å². The fourth-order valence-corrected chi connectivity index (χ4v) is 3.75. The highest BCUT2D eigenvalue weighted by atomic mass is 35.5. The first-order chi connectivity index (χ1) is 15.9. The van der Waals surface area contributed by atoms with Crippen LogP contribution in [0, 0.1) is 25.2 Å². The van der Waals surface area contributed by atoms with E-state index in [2.05, 4.69) is 12.2 Å². The standard InChI is InChI=1S/C27H33ClN2O3/c1-5-6-7-8-9-10-13-33-26-23(28)16-21(17-25(26)32-4)15-22(18-29)27(31)30-24-12-11-19(2)14-20(24)3/h11-12,14-17H,5-10,13H2,1-4H3,(H,30,31)/b22-15+. The van der Waals surface area contributed by atoms with Gasteiger partial charge in [0.2, 0.25) is 0 Å². The summed E-state index contributed by atoms with van der Waals surface area (Å²) in [5.41, 5.74) is 3.24. The Morgan fingerprint density at radius 2 is 1.85 bits per heavy atom. The first kappa shape index (κ1) is 26.3. The number of nitrogens with zero attached hydrogens (tertiary/aromatic N) is 1. The molecule has 2 aromatic carbocycles. The number of methoxy groups -OCH3 is 1. The van der Waals surface area contributed by atoms with E-state index in [0.29, 0.717) is 34.4 Å². The zero-order valence-electron chi connectivity index (χ0n) is 20.0. The molecule has 0 saturated carbocycles. The summed E-state index contributed by atoms with van der Waals surface area (Å²) in [6, 6.07) is 11.1. The van der Waals surface area contributed by atoms with Crippen LogP contribution in [0.3, 0.4) is 0 Å². The number of ether oxygens (including phenoxy) is 2. The average Bonchev–Trinajstić information content (AvgIpc) is 2.79. The van der Waals surface area contributed by atoms with Gasteiger partial charge in [-0.05, 0) is 55.7 Å². The Balaban J connectivity index is 2.10. The van der Waals surface area contributed by atoms with E-state index in [4.69, 9.17) is 21.1 Å². The number of hydrogen-bond acceptors (Lipinski definition) is 4. The minimum Gasteiger partial charge on any atom is -0.493 e. The van der Waals surface area contributed by atoms with Crippen LogP contribution in [0.1, 0.15) is 62.1 Å². The van der Waals surface area contributed by atoms with Crippen LogP contribution in [0.2, 0.25) is 5.02 Å². The summed E-state index contributed by atoms with van der Waals surface area (Å²) in [5, 5.41) is 12.7. The van der Waals surface area contributed by atoms with Crippen molar-refractivity contribution in [3.8, 4) is 17.6 Å². The summed E-state index contributed by atoms with van der Waals surface area (Å²) in [4.78, 5) is 12.7. The number of halogens is 1. The molecule has 0 atom stereocenters. The maximum absolute atomic E-state index is 12.7. The molecule has 0 aromatic heterocycles. The molecular formula is C27H33ClN2O3. The number of anilines is 1. The highest BCUT2D eigenvalue weighted by Gasteiger charge is 2.15. The molecule has 2 aromatic rings. The largest absolute Gasteiger partial charge is 0.493 e. The van der Waals surface area contributed by atoms with E-state index in [0.717, 1.165) is 24.0 Å². The Labute approximate surface area is 202 Å². The number of carbonyl (C=O) groups is 1. The van der Waals surface area contributed by atoms with E-state index in [1.54, 1.807) is 12.1 Å².